The van der Waals surface area contributed by atoms with Gasteiger partial charge in [-0.3, -0.25) is 4.90 Å². The summed E-state index contributed by atoms with van der Waals surface area (Å²) in [6.45, 7) is 9.91. The van der Waals surface area contributed by atoms with Crippen LogP contribution in [0.5, 0.6) is 5.88 Å². The average Bonchev–Trinajstić information content (AvgIpc) is 2.47. The van der Waals surface area contributed by atoms with Gasteiger partial charge in [-0.05, 0) is 18.4 Å². The molecule has 1 aromatic rings. The van der Waals surface area contributed by atoms with Crippen molar-refractivity contribution in [2.45, 2.75) is 45.8 Å². The number of methoxy groups -OCH3 is 1. The molecular weight excluding hydrogens is 250 g/mol. The van der Waals surface area contributed by atoms with Gasteiger partial charge in [-0.2, -0.15) is 0 Å². The molecule has 4 nitrogen and oxygen atoms in total. The van der Waals surface area contributed by atoms with E-state index >= 15 is 0 Å². The van der Waals surface area contributed by atoms with Crippen molar-refractivity contribution in [2.24, 2.45) is 5.92 Å². The molecule has 1 aliphatic heterocycles. The molecule has 2 rings (SSSR count). The zero-order chi connectivity index (χ0) is 14.5. The largest absolute Gasteiger partial charge is 0.481 e. The van der Waals surface area contributed by atoms with Crippen molar-refractivity contribution in [3.63, 3.8) is 0 Å². The Morgan fingerprint density at radius 3 is 2.95 bits per heavy atom. The van der Waals surface area contributed by atoms with E-state index in [1.54, 1.807) is 13.3 Å². The molecule has 2 heterocycles. The fraction of sp³-hybridized carbons (Fsp3) is 0.688. The Morgan fingerprint density at radius 1 is 1.50 bits per heavy atom. The molecular formula is C16H27N3O. The summed E-state index contributed by atoms with van der Waals surface area (Å²) in [6, 6.07) is 5.27. The Kier molecular flexibility index (Phi) is 5.38. The number of hydrogen-bond donors (Lipinski definition) is 1. The van der Waals surface area contributed by atoms with E-state index in [1.165, 1.54) is 12.0 Å². The van der Waals surface area contributed by atoms with Crippen LogP contribution in [0.3, 0.4) is 0 Å². The Bertz CT molecular complexity index is 422. The summed E-state index contributed by atoms with van der Waals surface area (Å²) in [7, 11) is 1.69. The molecule has 1 fully saturated rings. The van der Waals surface area contributed by atoms with Gasteiger partial charge in [-0.15, -0.1) is 0 Å². The topological polar surface area (TPSA) is 37.4 Å². The van der Waals surface area contributed by atoms with E-state index < -0.39 is 0 Å². The maximum absolute atomic E-state index is 5.38. The predicted octanol–water partition coefficient (Wildman–Crippen LogP) is 2.30. The second kappa shape index (κ2) is 7.04. The van der Waals surface area contributed by atoms with Crippen LogP contribution in [-0.2, 0) is 6.54 Å². The van der Waals surface area contributed by atoms with Gasteiger partial charge in [-0.25, -0.2) is 4.98 Å². The number of aromatic nitrogens is 1. The van der Waals surface area contributed by atoms with Crippen molar-refractivity contribution >= 4 is 0 Å². The first-order valence-corrected chi connectivity index (χ1v) is 7.61. The highest BCUT2D eigenvalue weighted by Gasteiger charge is 2.28. The second-order valence-electron chi connectivity index (χ2n) is 5.92. The zero-order valence-electron chi connectivity index (χ0n) is 13.1. The van der Waals surface area contributed by atoms with Crippen molar-refractivity contribution in [1.29, 1.82) is 0 Å². The third-order valence-electron chi connectivity index (χ3n) is 4.26. The molecule has 2 unspecified atom stereocenters. The molecule has 1 aliphatic rings. The van der Waals surface area contributed by atoms with Gasteiger partial charge in [0.05, 0.1) is 7.11 Å². The van der Waals surface area contributed by atoms with E-state index in [-0.39, 0.29) is 0 Å². The molecule has 1 saturated heterocycles. The van der Waals surface area contributed by atoms with Gasteiger partial charge in [0.2, 0.25) is 5.88 Å². The van der Waals surface area contributed by atoms with Crippen LogP contribution in [0, 0.1) is 5.92 Å². The number of ether oxygens (including phenoxy) is 1. The number of nitrogens with zero attached hydrogens (tertiary/aromatic N) is 2. The van der Waals surface area contributed by atoms with Crippen LogP contribution in [0.2, 0.25) is 0 Å². The first kappa shape index (κ1) is 15.3. The molecule has 0 spiro atoms. The number of pyridine rings is 1. The fourth-order valence-corrected chi connectivity index (χ4v) is 2.87. The summed E-state index contributed by atoms with van der Waals surface area (Å²) in [4.78, 5) is 6.87. The molecule has 1 N–H and O–H groups in total. The Balaban J connectivity index is 2.11. The summed E-state index contributed by atoms with van der Waals surface area (Å²) < 4.78 is 5.38. The third-order valence-corrected chi connectivity index (χ3v) is 4.26. The van der Waals surface area contributed by atoms with Crippen molar-refractivity contribution in [2.75, 3.05) is 20.2 Å². The third kappa shape index (κ3) is 3.49. The summed E-state index contributed by atoms with van der Waals surface area (Å²) in [5, 5.41) is 3.68. The number of nitrogens with one attached hydrogen (secondary N) is 1. The lowest BCUT2D eigenvalue weighted by atomic mass is 9.98. The molecule has 20 heavy (non-hydrogen) atoms. The minimum absolute atomic E-state index is 0.570. The van der Waals surface area contributed by atoms with Gasteiger partial charge >= 0.3 is 0 Å². The van der Waals surface area contributed by atoms with Crippen LogP contribution < -0.4 is 10.1 Å². The van der Waals surface area contributed by atoms with Gasteiger partial charge in [0, 0.05) is 43.5 Å². The van der Waals surface area contributed by atoms with Crippen molar-refractivity contribution in [3.05, 3.63) is 23.9 Å². The molecule has 0 aliphatic carbocycles. The van der Waals surface area contributed by atoms with Crippen molar-refractivity contribution < 1.29 is 4.74 Å². The monoisotopic (exact) mass is 277 g/mol. The first-order chi connectivity index (χ1) is 9.65. The quantitative estimate of drug-likeness (QED) is 0.896. The van der Waals surface area contributed by atoms with Crippen molar-refractivity contribution in [1.82, 2.24) is 15.2 Å². The highest BCUT2D eigenvalue weighted by atomic mass is 16.5. The van der Waals surface area contributed by atoms with Crippen LogP contribution in [0.4, 0.5) is 0 Å². The van der Waals surface area contributed by atoms with E-state index in [0.29, 0.717) is 18.0 Å². The van der Waals surface area contributed by atoms with E-state index in [4.69, 9.17) is 4.74 Å². The lowest BCUT2D eigenvalue weighted by Gasteiger charge is -2.41. The minimum atomic E-state index is 0.570. The SMILES string of the molecule is CCC1CNC(C(C)C)CN1Cc1cccnc1OC. The maximum atomic E-state index is 5.38. The predicted molar refractivity (Wildman–Crippen MR) is 81.9 cm³/mol. The van der Waals surface area contributed by atoms with Crippen LogP contribution in [-0.4, -0.2) is 42.2 Å². The van der Waals surface area contributed by atoms with E-state index in [1.807, 2.05) is 6.07 Å². The van der Waals surface area contributed by atoms with Gasteiger partial charge in [0.1, 0.15) is 0 Å². The summed E-state index contributed by atoms with van der Waals surface area (Å²) in [5.41, 5.74) is 1.18. The highest BCUT2D eigenvalue weighted by Crippen LogP contribution is 2.21. The lowest BCUT2D eigenvalue weighted by Crippen LogP contribution is -2.57. The van der Waals surface area contributed by atoms with E-state index in [0.717, 1.165) is 25.5 Å². The molecule has 0 radical (unpaired) electrons. The zero-order valence-corrected chi connectivity index (χ0v) is 13.1. The van der Waals surface area contributed by atoms with Crippen LogP contribution >= 0.6 is 0 Å². The summed E-state index contributed by atoms with van der Waals surface area (Å²) >= 11 is 0. The number of rotatable bonds is 5. The minimum Gasteiger partial charge on any atom is -0.481 e. The molecule has 0 aromatic carbocycles. The Morgan fingerprint density at radius 2 is 2.30 bits per heavy atom. The van der Waals surface area contributed by atoms with Gasteiger partial charge in [0.15, 0.2) is 0 Å². The van der Waals surface area contributed by atoms with Crippen LogP contribution in [0.1, 0.15) is 32.8 Å². The van der Waals surface area contributed by atoms with Gasteiger partial charge < -0.3 is 10.1 Å². The number of hydrogen-bond acceptors (Lipinski definition) is 4. The molecule has 4 heteroatoms. The van der Waals surface area contributed by atoms with Crippen LogP contribution in [0.25, 0.3) is 0 Å². The molecule has 0 amide bonds. The van der Waals surface area contributed by atoms with Gasteiger partial charge in [-0.1, -0.05) is 26.8 Å². The first-order valence-electron chi connectivity index (χ1n) is 7.61. The van der Waals surface area contributed by atoms with Gasteiger partial charge in [0.25, 0.3) is 0 Å². The van der Waals surface area contributed by atoms with E-state index in [2.05, 4.69) is 42.0 Å². The van der Waals surface area contributed by atoms with Crippen LogP contribution in [0.15, 0.2) is 18.3 Å². The lowest BCUT2D eigenvalue weighted by molar-refractivity contribution is 0.102. The standard InChI is InChI=1S/C16H27N3O/c1-5-14-9-18-15(12(2)3)11-19(14)10-13-7-6-8-17-16(13)20-4/h6-8,12,14-15,18H,5,9-11H2,1-4H3. The summed E-state index contributed by atoms with van der Waals surface area (Å²) in [5.74, 6) is 1.41. The normalized spacial score (nSPS) is 24.1. The summed E-state index contributed by atoms with van der Waals surface area (Å²) in [6.07, 6.45) is 2.95. The average molecular weight is 277 g/mol. The molecule has 1 aromatic heterocycles. The second-order valence-corrected chi connectivity index (χ2v) is 5.92. The fourth-order valence-electron chi connectivity index (χ4n) is 2.87. The molecule has 112 valence electrons. The molecule has 2 atom stereocenters. The Hall–Kier alpha value is -1.13. The van der Waals surface area contributed by atoms with E-state index in [9.17, 15) is 0 Å². The Labute approximate surface area is 122 Å². The molecule has 0 saturated carbocycles. The number of piperazine rings is 1. The molecule has 0 bridgehead atoms. The smallest absolute Gasteiger partial charge is 0.217 e. The maximum Gasteiger partial charge on any atom is 0.217 e. The van der Waals surface area contributed by atoms with Crippen molar-refractivity contribution in [3.8, 4) is 5.88 Å². The highest BCUT2D eigenvalue weighted by molar-refractivity contribution is 5.25.